The van der Waals surface area contributed by atoms with Gasteiger partial charge < -0.3 is 14.4 Å². The average molecular weight is 815 g/mol. The molecular formula is C43H30IrN2OS-2. The van der Waals surface area contributed by atoms with Crippen LogP contribution in [0.2, 0.25) is 0 Å². The van der Waals surface area contributed by atoms with Gasteiger partial charge in [0.15, 0.2) is 0 Å². The minimum absolute atomic E-state index is 0. The summed E-state index contributed by atoms with van der Waals surface area (Å²) in [5.74, 6) is 0. The molecule has 9 rings (SSSR count). The van der Waals surface area contributed by atoms with E-state index in [1.54, 1.807) is 0 Å². The van der Waals surface area contributed by atoms with Crippen LogP contribution in [0.25, 0.3) is 75.8 Å². The normalized spacial score (nSPS) is 11.1. The molecule has 9 aromatic rings. The molecule has 0 unspecified atom stereocenters. The van der Waals surface area contributed by atoms with Crippen LogP contribution in [-0.4, -0.2) is 9.97 Å². The van der Waals surface area contributed by atoms with E-state index < -0.39 is 0 Å². The number of furan rings is 1. The van der Waals surface area contributed by atoms with Crippen molar-refractivity contribution in [1.82, 2.24) is 9.97 Å². The van der Waals surface area contributed by atoms with Crippen LogP contribution in [0.15, 0.2) is 132 Å². The first-order chi connectivity index (χ1) is 23.0. The second-order valence-electron chi connectivity index (χ2n) is 11.8. The maximum Gasteiger partial charge on any atom is 0.144 e. The van der Waals surface area contributed by atoms with Crippen molar-refractivity contribution in [3.05, 3.63) is 156 Å². The van der Waals surface area contributed by atoms with Crippen molar-refractivity contribution in [2.75, 3.05) is 0 Å². The SMILES string of the molecule is Cc1c[c-]c(-c2cc(C)c(C)cn2)cc1.[Ir].[c-]1ccccc1-c1cc(-c2c3oc4ccccc4c3cc3c2sc2ccccc23)ccn1. The molecule has 4 aromatic heterocycles. The second-order valence-corrected chi connectivity index (χ2v) is 12.9. The molecule has 5 heteroatoms. The van der Waals surface area contributed by atoms with Gasteiger partial charge in [-0.05, 0) is 60.6 Å². The maximum absolute atomic E-state index is 6.47. The largest absolute Gasteiger partial charge is 0.455 e. The van der Waals surface area contributed by atoms with Crippen molar-refractivity contribution in [3.63, 3.8) is 0 Å². The third kappa shape index (κ3) is 5.86. The van der Waals surface area contributed by atoms with Gasteiger partial charge in [0.05, 0.1) is 0 Å². The van der Waals surface area contributed by atoms with Gasteiger partial charge in [0, 0.05) is 69.0 Å². The molecular weight excluding hydrogens is 785 g/mol. The number of aryl methyl sites for hydroxylation is 3. The Morgan fingerprint density at radius 3 is 2.21 bits per heavy atom. The van der Waals surface area contributed by atoms with E-state index in [1.807, 2.05) is 66.2 Å². The smallest absolute Gasteiger partial charge is 0.144 e. The van der Waals surface area contributed by atoms with Gasteiger partial charge in [-0.1, -0.05) is 61.0 Å². The number of pyridine rings is 2. The molecule has 0 saturated heterocycles. The topological polar surface area (TPSA) is 38.9 Å². The summed E-state index contributed by atoms with van der Waals surface area (Å²) in [4.78, 5) is 9.03. The second kappa shape index (κ2) is 13.3. The number of fused-ring (bicyclic) bond motifs is 6. The number of thiophene rings is 1. The molecule has 235 valence electrons. The summed E-state index contributed by atoms with van der Waals surface area (Å²) in [7, 11) is 0. The molecule has 0 amide bonds. The van der Waals surface area contributed by atoms with Crippen molar-refractivity contribution >= 4 is 53.4 Å². The molecule has 0 bridgehead atoms. The molecule has 3 nitrogen and oxygen atoms in total. The number of nitrogens with zero attached hydrogens (tertiary/aromatic N) is 2. The molecule has 0 spiro atoms. The Balaban J connectivity index is 0.000000193. The summed E-state index contributed by atoms with van der Waals surface area (Å²) in [5.41, 5.74) is 11.8. The van der Waals surface area contributed by atoms with Gasteiger partial charge in [0.25, 0.3) is 0 Å². The Labute approximate surface area is 297 Å². The fourth-order valence-electron chi connectivity index (χ4n) is 6.02. The summed E-state index contributed by atoms with van der Waals surface area (Å²) in [6, 6.07) is 46.2. The molecule has 4 heterocycles. The van der Waals surface area contributed by atoms with Crippen LogP contribution >= 0.6 is 11.3 Å². The van der Waals surface area contributed by atoms with E-state index in [4.69, 9.17) is 4.42 Å². The van der Waals surface area contributed by atoms with Crippen molar-refractivity contribution in [3.8, 4) is 33.6 Å². The van der Waals surface area contributed by atoms with Crippen LogP contribution in [-0.2, 0) is 20.1 Å². The first kappa shape index (κ1) is 31.7. The summed E-state index contributed by atoms with van der Waals surface area (Å²) < 4.78 is 8.99. The van der Waals surface area contributed by atoms with Crippen molar-refractivity contribution in [1.29, 1.82) is 0 Å². The number of hydrogen-bond acceptors (Lipinski definition) is 4. The zero-order valence-corrected chi connectivity index (χ0v) is 29.9. The summed E-state index contributed by atoms with van der Waals surface area (Å²) in [5, 5.41) is 4.85. The van der Waals surface area contributed by atoms with Gasteiger partial charge in [-0.15, -0.1) is 82.6 Å². The number of aromatic nitrogens is 2. The van der Waals surface area contributed by atoms with Crippen molar-refractivity contribution in [2.24, 2.45) is 0 Å². The summed E-state index contributed by atoms with van der Waals surface area (Å²) >= 11 is 1.82. The fourth-order valence-corrected chi connectivity index (χ4v) is 7.26. The van der Waals surface area contributed by atoms with Gasteiger partial charge in [-0.3, -0.25) is 0 Å². The Morgan fingerprint density at radius 1 is 0.646 bits per heavy atom. The van der Waals surface area contributed by atoms with E-state index in [0.29, 0.717) is 0 Å². The fraction of sp³-hybridized carbons (Fsp3) is 0.0698. The van der Waals surface area contributed by atoms with Crippen molar-refractivity contribution in [2.45, 2.75) is 20.8 Å². The van der Waals surface area contributed by atoms with Crippen LogP contribution in [0, 0.1) is 32.9 Å². The van der Waals surface area contributed by atoms with E-state index in [2.05, 4.69) is 116 Å². The maximum atomic E-state index is 6.47. The van der Waals surface area contributed by atoms with Crippen LogP contribution in [0.4, 0.5) is 0 Å². The molecule has 48 heavy (non-hydrogen) atoms. The molecule has 0 N–H and O–H groups in total. The Hall–Kier alpha value is -4.93. The molecule has 5 aromatic carbocycles. The summed E-state index contributed by atoms with van der Waals surface area (Å²) in [6.07, 6.45) is 3.80. The number of hydrogen-bond donors (Lipinski definition) is 0. The minimum Gasteiger partial charge on any atom is -0.455 e. The Bertz CT molecular complexity index is 2460. The van der Waals surface area contributed by atoms with Crippen molar-refractivity contribution < 1.29 is 24.5 Å². The van der Waals surface area contributed by atoms with E-state index in [0.717, 1.165) is 55.6 Å². The first-order valence-corrected chi connectivity index (χ1v) is 16.5. The Kier molecular flexibility index (Phi) is 8.77. The quantitative estimate of drug-likeness (QED) is 0.167. The average Bonchev–Trinajstić information content (AvgIpc) is 3.67. The van der Waals surface area contributed by atoms with Crippen LogP contribution in [0.1, 0.15) is 16.7 Å². The van der Waals surface area contributed by atoms with E-state index in [1.165, 1.54) is 36.9 Å². The van der Waals surface area contributed by atoms with E-state index >= 15 is 0 Å². The third-order valence-corrected chi connectivity index (χ3v) is 9.86. The standard InChI is InChI=1S/C29H16NOS.C14H14N.Ir/c1-2-8-18(9-3-1)24-16-19(14-15-30-24)27-28-22(20-10-4-6-12-25(20)31-28)17-23-21-11-5-7-13-26(21)32-29(23)27;1-10-4-6-13(7-5-10)14-8-11(2)12(3)9-15-14;/h1-8,10-17H;4-6,8-9H,1-3H3;/q2*-1;. The molecule has 0 fully saturated rings. The number of rotatable bonds is 3. The first-order valence-electron chi connectivity index (χ1n) is 15.6. The van der Waals surface area contributed by atoms with Crippen LogP contribution < -0.4 is 0 Å². The number of benzene rings is 5. The van der Waals surface area contributed by atoms with Gasteiger partial charge >= 0.3 is 0 Å². The molecule has 0 aliphatic heterocycles. The predicted octanol–water partition coefficient (Wildman–Crippen LogP) is 12.0. The number of para-hydroxylation sites is 1. The molecule has 1 radical (unpaired) electrons. The third-order valence-electron chi connectivity index (χ3n) is 8.66. The van der Waals surface area contributed by atoms with E-state index in [-0.39, 0.29) is 20.1 Å². The minimum atomic E-state index is 0. The van der Waals surface area contributed by atoms with Gasteiger partial charge in [0.2, 0.25) is 0 Å². The van der Waals surface area contributed by atoms with Crippen LogP contribution in [0.3, 0.4) is 0 Å². The zero-order valence-electron chi connectivity index (χ0n) is 26.7. The molecule has 0 aliphatic carbocycles. The van der Waals surface area contributed by atoms with Crippen LogP contribution in [0.5, 0.6) is 0 Å². The molecule has 0 saturated carbocycles. The molecule has 0 atom stereocenters. The van der Waals surface area contributed by atoms with Gasteiger partial charge in [-0.25, -0.2) is 0 Å². The zero-order chi connectivity index (χ0) is 31.9. The van der Waals surface area contributed by atoms with Gasteiger partial charge in [-0.2, -0.15) is 0 Å². The van der Waals surface area contributed by atoms with Gasteiger partial charge in [0.1, 0.15) is 11.2 Å². The Morgan fingerprint density at radius 2 is 1.42 bits per heavy atom. The molecule has 0 aliphatic rings. The monoisotopic (exact) mass is 815 g/mol. The van der Waals surface area contributed by atoms with E-state index in [9.17, 15) is 0 Å². The summed E-state index contributed by atoms with van der Waals surface area (Å²) in [6.45, 7) is 6.24. The predicted molar refractivity (Wildman–Crippen MR) is 197 cm³/mol.